The van der Waals surface area contributed by atoms with Gasteiger partial charge in [0.05, 0.1) is 0 Å². The van der Waals surface area contributed by atoms with Gasteiger partial charge in [-0.25, -0.2) is 0 Å². The molecule has 5 heterocycles. The predicted octanol–water partition coefficient (Wildman–Crippen LogP) is 25.7. The summed E-state index contributed by atoms with van der Waals surface area (Å²) in [6.45, 7) is 13.3. The van der Waals surface area contributed by atoms with Gasteiger partial charge in [-0.2, -0.15) is 0 Å². The molecule has 0 saturated heterocycles. The van der Waals surface area contributed by atoms with Crippen LogP contribution in [0.4, 0.5) is 0 Å². The molecular weight excluding hydrogens is 1100 g/mol. The molecule has 19 aromatic rings. The Morgan fingerprint density at radius 2 is 0.506 bits per heavy atom. The molecule has 0 bridgehead atoms. The van der Waals surface area contributed by atoms with Crippen molar-refractivity contribution in [2.75, 3.05) is 0 Å². The van der Waals surface area contributed by atoms with Crippen LogP contribution in [0.1, 0.15) is 33.4 Å². The van der Waals surface area contributed by atoms with Gasteiger partial charge < -0.3 is 0 Å². The monoisotopic (exact) mass is 1150 g/mol. The molecule has 0 aliphatic rings. The minimum atomic E-state index is 1.32. The lowest BCUT2D eigenvalue weighted by Crippen LogP contribution is -1.82. The fraction of sp³-hybridized carbons (Fsp3) is 0.0769. The van der Waals surface area contributed by atoms with Crippen molar-refractivity contribution in [2.24, 2.45) is 0 Å². The Kier molecular flexibility index (Phi) is 11.1. The molecule has 0 N–H and O–H groups in total. The van der Waals surface area contributed by atoms with Crippen LogP contribution in [0, 0.1) is 41.5 Å². The first-order chi connectivity index (χ1) is 40.5. The molecular formula is C78H52S5. The topological polar surface area (TPSA) is 0 Å². The zero-order chi connectivity index (χ0) is 55.5. The summed E-state index contributed by atoms with van der Waals surface area (Å²) in [4.78, 5) is 0. The van der Waals surface area contributed by atoms with Crippen molar-refractivity contribution in [3.8, 4) is 0 Å². The van der Waals surface area contributed by atoms with Gasteiger partial charge in [0.2, 0.25) is 0 Å². The highest BCUT2D eigenvalue weighted by Crippen LogP contribution is 2.49. The van der Waals surface area contributed by atoms with Crippen molar-refractivity contribution in [2.45, 2.75) is 41.5 Å². The molecule has 394 valence electrons. The van der Waals surface area contributed by atoms with Gasteiger partial charge in [0.25, 0.3) is 0 Å². The van der Waals surface area contributed by atoms with E-state index >= 15 is 0 Å². The largest absolute Gasteiger partial charge is 0.135 e. The maximum atomic E-state index is 2.42. The van der Waals surface area contributed by atoms with E-state index in [1.54, 1.807) is 0 Å². The Morgan fingerprint density at radius 1 is 0.193 bits per heavy atom. The first-order valence-corrected chi connectivity index (χ1v) is 32.6. The van der Waals surface area contributed by atoms with Gasteiger partial charge in [-0.05, 0) is 190 Å². The highest BCUT2D eigenvalue weighted by Gasteiger charge is 2.20. The van der Waals surface area contributed by atoms with Crippen LogP contribution in [0.5, 0.6) is 0 Å². The second-order valence-corrected chi connectivity index (χ2v) is 28.4. The highest BCUT2D eigenvalue weighted by atomic mass is 32.1. The van der Waals surface area contributed by atoms with Crippen LogP contribution in [0.3, 0.4) is 0 Å². The maximum absolute atomic E-state index is 2.42. The normalized spacial score (nSPS) is 12.2. The highest BCUT2D eigenvalue weighted by molar-refractivity contribution is 7.29. The van der Waals surface area contributed by atoms with Crippen LogP contribution in [0.25, 0.3) is 165 Å². The van der Waals surface area contributed by atoms with E-state index in [1.165, 1.54) is 199 Å². The Bertz CT molecular complexity index is 5640. The van der Waals surface area contributed by atoms with Crippen molar-refractivity contribution in [1.82, 2.24) is 0 Å². The molecule has 14 aromatic carbocycles. The molecule has 0 unspecified atom stereocenters. The zero-order valence-electron chi connectivity index (χ0n) is 46.7. The third kappa shape index (κ3) is 7.86. The van der Waals surface area contributed by atoms with Crippen LogP contribution in [0.15, 0.2) is 206 Å². The SMILES string of the molecule is Cc1c2sc3cc4ccccc4cc3c2c(C)c2sc3cc4ccccc4cc3c12.Cc1ccc2cc3c(cc2c1)sc1cc2c(cc13)sc1cc3cc(C)ccc3cc12.Cc1ccc2ccc3c4ccc5ccc(C)cc5c4sc3c2c1. The lowest BCUT2D eigenvalue weighted by atomic mass is 9.97. The Labute approximate surface area is 499 Å². The molecule has 0 nitrogen and oxygen atoms in total. The number of thiophene rings is 5. The fourth-order valence-electron chi connectivity index (χ4n) is 13.4. The Hall–Kier alpha value is -8.26. The summed E-state index contributed by atoms with van der Waals surface area (Å²) >= 11 is 9.68. The van der Waals surface area contributed by atoms with Crippen LogP contribution in [-0.2, 0) is 0 Å². The fourth-order valence-corrected chi connectivity index (χ4v) is 19.7. The number of fused-ring (bicyclic) bond motifs is 23. The molecule has 0 spiro atoms. The number of rotatable bonds is 0. The second-order valence-electron chi connectivity index (χ2n) is 23.1. The number of hydrogen-bond donors (Lipinski definition) is 0. The molecule has 5 aromatic heterocycles. The molecule has 19 rings (SSSR count). The molecule has 5 heteroatoms. The van der Waals surface area contributed by atoms with Crippen LogP contribution >= 0.6 is 56.7 Å². The molecule has 0 saturated carbocycles. The lowest BCUT2D eigenvalue weighted by molar-refractivity contribution is 1.51. The van der Waals surface area contributed by atoms with E-state index in [1.807, 2.05) is 56.7 Å². The maximum Gasteiger partial charge on any atom is 0.0434 e. The third-order valence-corrected chi connectivity index (χ3v) is 23.6. The van der Waals surface area contributed by atoms with Gasteiger partial charge >= 0.3 is 0 Å². The van der Waals surface area contributed by atoms with Gasteiger partial charge in [-0.3, -0.25) is 0 Å². The smallest absolute Gasteiger partial charge is 0.0434 e. The summed E-state index contributed by atoms with van der Waals surface area (Å²) in [5.74, 6) is 0. The first-order valence-electron chi connectivity index (χ1n) is 28.5. The Balaban J connectivity index is 0.0000000995. The van der Waals surface area contributed by atoms with E-state index in [0.29, 0.717) is 0 Å². The van der Waals surface area contributed by atoms with E-state index < -0.39 is 0 Å². The summed E-state index contributed by atoms with van der Waals surface area (Å²) in [5, 5.41) is 30.0. The lowest BCUT2D eigenvalue weighted by Gasteiger charge is -2.06. The van der Waals surface area contributed by atoms with Crippen molar-refractivity contribution in [3.63, 3.8) is 0 Å². The first kappa shape index (κ1) is 49.4. The molecule has 0 atom stereocenters. The number of aryl methyl sites for hydroxylation is 6. The molecule has 83 heavy (non-hydrogen) atoms. The summed E-state index contributed by atoms with van der Waals surface area (Å²) in [6.07, 6.45) is 0. The number of hydrogen-bond acceptors (Lipinski definition) is 5. The minimum absolute atomic E-state index is 1.32. The van der Waals surface area contributed by atoms with Gasteiger partial charge in [-0.1, -0.05) is 156 Å². The third-order valence-electron chi connectivity index (χ3n) is 17.6. The number of benzene rings is 14. The van der Waals surface area contributed by atoms with E-state index in [2.05, 4.69) is 248 Å². The summed E-state index contributed by atoms with van der Waals surface area (Å²) in [5.41, 5.74) is 8.14. The summed E-state index contributed by atoms with van der Waals surface area (Å²) in [7, 11) is 0. The quantitative estimate of drug-likeness (QED) is 0.142. The second kappa shape index (κ2) is 18.6. The van der Waals surface area contributed by atoms with Crippen molar-refractivity contribution in [3.05, 3.63) is 240 Å². The minimum Gasteiger partial charge on any atom is -0.135 e. The molecule has 0 amide bonds. The average molecular weight is 1150 g/mol. The van der Waals surface area contributed by atoms with Crippen LogP contribution < -0.4 is 0 Å². The summed E-state index contributed by atoms with van der Waals surface area (Å²) < 4.78 is 14.0. The standard InChI is InChI=1S/2C28H18S2.C22H16S/c1-15-3-5-17-9-21-23-13-28-24(14-27(23)29-25(21)11-19(17)7-15)22-10-18-6-4-16(2)8-20(18)12-26(22)30-28;1-15-25-21-11-17-7-3-5-9-19(17)13-23(21)30-28(25)16(2)26-22-12-18-8-4-6-10-20(18)14-24(22)29-27(15)26;1-13-3-5-15-7-9-17-18-10-8-16-6-4-14(2)12-20(16)22(18)23-21(17)19(15)11-13/h2*3-14H,1-2H3;3-12H,1-2H3. The average Bonchev–Trinajstić information content (AvgIpc) is 4.46. The van der Waals surface area contributed by atoms with Crippen molar-refractivity contribution < 1.29 is 0 Å². The van der Waals surface area contributed by atoms with Crippen LogP contribution in [-0.4, -0.2) is 0 Å². The Morgan fingerprint density at radius 3 is 0.940 bits per heavy atom. The van der Waals surface area contributed by atoms with E-state index in [-0.39, 0.29) is 0 Å². The van der Waals surface area contributed by atoms with E-state index in [4.69, 9.17) is 0 Å². The predicted molar refractivity (Wildman–Crippen MR) is 377 cm³/mol. The zero-order valence-corrected chi connectivity index (χ0v) is 50.8. The van der Waals surface area contributed by atoms with Gasteiger partial charge in [0.15, 0.2) is 0 Å². The summed E-state index contributed by atoms with van der Waals surface area (Å²) in [6, 6.07) is 77.3. The molecule has 0 radical (unpaired) electrons. The van der Waals surface area contributed by atoms with E-state index in [0.717, 1.165) is 0 Å². The van der Waals surface area contributed by atoms with Crippen LogP contribution in [0.2, 0.25) is 0 Å². The van der Waals surface area contributed by atoms with Gasteiger partial charge in [-0.15, -0.1) is 56.7 Å². The van der Waals surface area contributed by atoms with E-state index in [9.17, 15) is 0 Å². The molecule has 0 aliphatic carbocycles. The molecule has 0 fully saturated rings. The van der Waals surface area contributed by atoms with Crippen molar-refractivity contribution in [1.29, 1.82) is 0 Å². The van der Waals surface area contributed by atoms with Crippen molar-refractivity contribution >= 4 is 222 Å². The van der Waals surface area contributed by atoms with Gasteiger partial charge in [0.1, 0.15) is 0 Å². The molecule has 0 aliphatic heterocycles. The van der Waals surface area contributed by atoms with Gasteiger partial charge in [0, 0.05) is 101 Å².